The highest BCUT2D eigenvalue weighted by atomic mass is 35.5. The molecule has 2 aromatic carbocycles. The van der Waals surface area contributed by atoms with E-state index in [1.54, 1.807) is 14.2 Å². The van der Waals surface area contributed by atoms with E-state index >= 15 is 0 Å². The van der Waals surface area contributed by atoms with Crippen LogP contribution in [0.4, 0.5) is 0 Å². The number of benzene rings is 2. The maximum absolute atomic E-state index is 5.60. The van der Waals surface area contributed by atoms with Crippen molar-refractivity contribution in [2.24, 2.45) is 0 Å². The van der Waals surface area contributed by atoms with E-state index in [4.69, 9.17) is 18.7 Å². The van der Waals surface area contributed by atoms with Crippen LogP contribution >= 0.6 is 12.4 Å². The van der Waals surface area contributed by atoms with Gasteiger partial charge in [-0.25, -0.2) is 0 Å². The van der Waals surface area contributed by atoms with E-state index < -0.39 is 0 Å². The highest BCUT2D eigenvalue weighted by Gasteiger charge is 2.09. The van der Waals surface area contributed by atoms with Gasteiger partial charge in [0.1, 0.15) is 0 Å². The molecule has 0 atom stereocenters. The van der Waals surface area contributed by atoms with Gasteiger partial charge in [-0.2, -0.15) is 4.98 Å². The number of halogens is 1. The Balaban J connectivity index is 0.00000320. The standard InChI is InChI=1S/C22H27N3O4.ClH/c1-25(14-12-17-10-11-19(26-2)20(16-17)27-3)13-7-15-28-22-23-21(29-24-22)18-8-5-4-6-9-18;/h4-6,8-11,16H,7,12-15H2,1-3H3;1H. The second kappa shape index (κ2) is 12.0. The van der Waals surface area contributed by atoms with Crippen LogP contribution in [-0.4, -0.2) is 56.0 Å². The fourth-order valence-electron chi connectivity index (χ4n) is 2.93. The van der Waals surface area contributed by atoms with Gasteiger partial charge in [-0.05, 0) is 54.9 Å². The van der Waals surface area contributed by atoms with Gasteiger partial charge in [0.05, 0.1) is 20.8 Å². The number of hydrogen-bond acceptors (Lipinski definition) is 7. The Morgan fingerprint density at radius 3 is 2.47 bits per heavy atom. The summed E-state index contributed by atoms with van der Waals surface area (Å²) in [4.78, 5) is 6.54. The Kier molecular flexibility index (Phi) is 9.44. The molecule has 3 aromatic rings. The summed E-state index contributed by atoms with van der Waals surface area (Å²) in [7, 11) is 5.40. The predicted molar refractivity (Wildman–Crippen MR) is 118 cm³/mol. The summed E-state index contributed by atoms with van der Waals surface area (Å²) in [6, 6.07) is 16.0. The number of hydrogen-bond donors (Lipinski definition) is 0. The molecule has 1 aromatic heterocycles. The maximum atomic E-state index is 5.60. The second-order valence-corrected chi connectivity index (χ2v) is 6.69. The van der Waals surface area contributed by atoms with Crippen LogP contribution in [0.3, 0.4) is 0 Å². The summed E-state index contributed by atoms with van der Waals surface area (Å²) in [5.74, 6) is 1.97. The Bertz CT molecular complexity index is 889. The van der Waals surface area contributed by atoms with Crippen molar-refractivity contribution in [1.82, 2.24) is 15.0 Å². The van der Waals surface area contributed by atoms with Crippen molar-refractivity contribution in [2.75, 3.05) is 41.0 Å². The van der Waals surface area contributed by atoms with Gasteiger partial charge >= 0.3 is 6.01 Å². The summed E-state index contributed by atoms with van der Waals surface area (Å²) < 4.78 is 21.5. The number of ether oxygens (including phenoxy) is 3. The SMILES string of the molecule is COc1ccc(CCN(C)CCCOc2noc(-c3ccccc3)n2)cc1OC.Cl. The zero-order valence-corrected chi connectivity index (χ0v) is 18.4. The van der Waals surface area contributed by atoms with Gasteiger partial charge in [-0.1, -0.05) is 24.3 Å². The molecule has 0 aliphatic rings. The molecule has 0 spiro atoms. The average Bonchev–Trinajstić information content (AvgIpc) is 3.24. The van der Waals surface area contributed by atoms with Crippen LogP contribution in [0.1, 0.15) is 12.0 Å². The first-order valence-electron chi connectivity index (χ1n) is 9.61. The molecule has 30 heavy (non-hydrogen) atoms. The smallest absolute Gasteiger partial charge is 0.354 e. The lowest BCUT2D eigenvalue weighted by Gasteiger charge is -2.17. The fourth-order valence-corrected chi connectivity index (χ4v) is 2.93. The van der Waals surface area contributed by atoms with Gasteiger partial charge in [0, 0.05) is 18.7 Å². The lowest BCUT2D eigenvalue weighted by atomic mass is 10.1. The second-order valence-electron chi connectivity index (χ2n) is 6.69. The van der Waals surface area contributed by atoms with Crippen LogP contribution in [0.5, 0.6) is 17.5 Å². The van der Waals surface area contributed by atoms with Crippen molar-refractivity contribution in [1.29, 1.82) is 0 Å². The minimum atomic E-state index is 0. The van der Waals surface area contributed by atoms with Crippen LogP contribution in [0, 0.1) is 0 Å². The van der Waals surface area contributed by atoms with Crippen molar-refractivity contribution in [3.63, 3.8) is 0 Å². The number of rotatable bonds is 11. The van der Waals surface area contributed by atoms with Gasteiger partial charge < -0.3 is 23.6 Å². The van der Waals surface area contributed by atoms with E-state index in [-0.39, 0.29) is 18.4 Å². The summed E-state index contributed by atoms with van der Waals surface area (Å²) in [6.07, 6.45) is 1.81. The summed E-state index contributed by atoms with van der Waals surface area (Å²) >= 11 is 0. The molecule has 0 bridgehead atoms. The Morgan fingerprint density at radius 1 is 0.967 bits per heavy atom. The van der Waals surface area contributed by atoms with E-state index in [9.17, 15) is 0 Å². The number of likely N-dealkylation sites (N-methyl/N-ethyl adjacent to an activating group) is 1. The van der Waals surface area contributed by atoms with Crippen LogP contribution in [0.15, 0.2) is 53.1 Å². The average molecular weight is 434 g/mol. The quantitative estimate of drug-likeness (QED) is 0.421. The van der Waals surface area contributed by atoms with Crippen LogP contribution in [0.25, 0.3) is 11.5 Å². The number of methoxy groups -OCH3 is 2. The molecule has 0 saturated carbocycles. The Morgan fingerprint density at radius 2 is 1.73 bits per heavy atom. The molecule has 0 amide bonds. The molecule has 0 radical (unpaired) electrons. The van der Waals surface area contributed by atoms with E-state index in [0.29, 0.717) is 12.5 Å². The molecule has 0 aliphatic carbocycles. The Hall–Kier alpha value is -2.77. The fraction of sp³-hybridized carbons (Fsp3) is 0.364. The molecule has 0 N–H and O–H groups in total. The van der Waals surface area contributed by atoms with Crippen LogP contribution in [-0.2, 0) is 6.42 Å². The lowest BCUT2D eigenvalue weighted by molar-refractivity contribution is 0.241. The van der Waals surface area contributed by atoms with Crippen LogP contribution in [0.2, 0.25) is 0 Å². The van der Waals surface area contributed by atoms with Crippen molar-refractivity contribution in [2.45, 2.75) is 12.8 Å². The Labute approximate surface area is 183 Å². The van der Waals surface area contributed by atoms with E-state index in [1.807, 2.05) is 42.5 Å². The molecule has 1 heterocycles. The first-order valence-corrected chi connectivity index (χ1v) is 9.61. The first kappa shape index (κ1) is 23.5. The molecule has 0 saturated heterocycles. The molecule has 0 unspecified atom stereocenters. The highest BCUT2D eigenvalue weighted by Crippen LogP contribution is 2.27. The summed E-state index contributed by atoms with van der Waals surface area (Å²) in [6.45, 7) is 2.39. The largest absolute Gasteiger partial charge is 0.493 e. The molecular formula is C22H28ClN3O4. The topological polar surface area (TPSA) is 69.9 Å². The normalized spacial score (nSPS) is 10.5. The van der Waals surface area contributed by atoms with Crippen molar-refractivity contribution in [3.8, 4) is 29.0 Å². The third-order valence-electron chi connectivity index (χ3n) is 4.57. The van der Waals surface area contributed by atoms with Gasteiger partial charge in [0.2, 0.25) is 0 Å². The van der Waals surface area contributed by atoms with Crippen molar-refractivity contribution < 1.29 is 18.7 Å². The zero-order chi connectivity index (χ0) is 20.5. The first-order chi connectivity index (χ1) is 14.2. The monoisotopic (exact) mass is 433 g/mol. The van der Waals surface area contributed by atoms with E-state index in [0.717, 1.165) is 43.0 Å². The van der Waals surface area contributed by atoms with Gasteiger partial charge in [-0.3, -0.25) is 0 Å². The van der Waals surface area contributed by atoms with E-state index in [1.165, 1.54) is 5.56 Å². The predicted octanol–water partition coefficient (Wildman–Crippen LogP) is 4.12. The molecule has 0 aliphatic heterocycles. The van der Waals surface area contributed by atoms with Gasteiger partial charge in [-0.15, -0.1) is 12.4 Å². The third-order valence-corrected chi connectivity index (χ3v) is 4.57. The minimum Gasteiger partial charge on any atom is -0.493 e. The highest BCUT2D eigenvalue weighted by molar-refractivity contribution is 5.85. The summed E-state index contributed by atoms with van der Waals surface area (Å²) in [5, 5.41) is 3.87. The molecule has 162 valence electrons. The third kappa shape index (κ3) is 6.64. The molecule has 8 heteroatoms. The lowest BCUT2D eigenvalue weighted by Crippen LogP contribution is -2.23. The van der Waals surface area contributed by atoms with Crippen molar-refractivity contribution in [3.05, 3.63) is 54.1 Å². The molecular weight excluding hydrogens is 406 g/mol. The molecule has 0 fully saturated rings. The number of aromatic nitrogens is 2. The van der Waals surface area contributed by atoms with Crippen molar-refractivity contribution >= 4 is 12.4 Å². The van der Waals surface area contributed by atoms with Gasteiger partial charge in [0.25, 0.3) is 5.89 Å². The maximum Gasteiger partial charge on any atom is 0.354 e. The van der Waals surface area contributed by atoms with Crippen LogP contribution < -0.4 is 14.2 Å². The minimum absolute atomic E-state index is 0. The van der Waals surface area contributed by atoms with E-state index in [2.05, 4.69) is 28.2 Å². The number of nitrogens with zero attached hydrogens (tertiary/aromatic N) is 3. The van der Waals surface area contributed by atoms with Gasteiger partial charge in [0.15, 0.2) is 11.5 Å². The summed E-state index contributed by atoms with van der Waals surface area (Å²) in [5.41, 5.74) is 2.09. The molecule has 3 rings (SSSR count). The molecule has 7 nitrogen and oxygen atoms in total. The zero-order valence-electron chi connectivity index (χ0n) is 17.5.